The third-order valence-corrected chi connectivity index (χ3v) is 4.17. The molecule has 0 aliphatic heterocycles. The van der Waals surface area contributed by atoms with Gasteiger partial charge in [0.05, 0.1) is 5.69 Å². The first-order valence-corrected chi connectivity index (χ1v) is 7.33. The van der Waals surface area contributed by atoms with Crippen LogP contribution in [0.4, 0.5) is 0 Å². The molecule has 0 saturated carbocycles. The minimum atomic E-state index is 0.312. The van der Waals surface area contributed by atoms with Crippen molar-refractivity contribution in [3.05, 3.63) is 39.8 Å². The molecule has 2 rings (SSSR count). The number of halogens is 1. The van der Waals surface area contributed by atoms with Crippen molar-refractivity contribution < 1.29 is 0 Å². The maximum absolute atomic E-state index is 4.69. The molecule has 1 aromatic carbocycles. The molecule has 1 heterocycles. The molecule has 0 saturated heterocycles. The van der Waals surface area contributed by atoms with Crippen LogP contribution in [0.3, 0.4) is 0 Å². The van der Waals surface area contributed by atoms with E-state index in [1.807, 2.05) is 18.2 Å². The SMILES string of the molecule is CCNC(C)c1csc(-c2ccccc2Br)n1. The summed E-state index contributed by atoms with van der Waals surface area (Å²) in [4.78, 5) is 4.69. The molecule has 1 aromatic heterocycles. The molecule has 0 bridgehead atoms. The fraction of sp³-hybridized carbons (Fsp3) is 0.308. The highest BCUT2D eigenvalue weighted by atomic mass is 79.9. The average Bonchev–Trinajstić information content (AvgIpc) is 2.79. The number of thiazole rings is 1. The van der Waals surface area contributed by atoms with Gasteiger partial charge in [0.2, 0.25) is 0 Å². The second-order valence-electron chi connectivity index (χ2n) is 3.84. The van der Waals surface area contributed by atoms with Gasteiger partial charge >= 0.3 is 0 Å². The van der Waals surface area contributed by atoms with Crippen LogP contribution >= 0.6 is 27.3 Å². The van der Waals surface area contributed by atoms with Crippen molar-refractivity contribution in [3.8, 4) is 10.6 Å². The topological polar surface area (TPSA) is 24.9 Å². The fourth-order valence-electron chi connectivity index (χ4n) is 1.65. The maximum atomic E-state index is 4.69. The lowest BCUT2D eigenvalue weighted by Gasteiger charge is -2.08. The van der Waals surface area contributed by atoms with Crippen molar-refractivity contribution in [1.82, 2.24) is 10.3 Å². The molecule has 0 fully saturated rings. The van der Waals surface area contributed by atoms with Crippen LogP contribution in [0.15, 0.2) is 34.1 Å². The lowest BCUT2D eigenvalue weighted by atomic mass is 10.2. The number of hydrogen-bond acceptors (Lipinski definition) is 3. The van der Waals surface area contributed by atoms with Gasteiger partial charge in [-0.25, -0.2) is 4.98 Å². The molecule has 1 unspecified atom stereocenters. The molecule has 2 nitrogen and oxygen atoms in total. The lowest BCUT2D eigenvalue weighted by molar-refractivity contribution is 0.587. The van der Waals surface area contributed by atoms with E-state index in [0.717, 1.165) is 27.3 Å². The van der Waals surface area contributed by atoms with Crippen molar-refractivity contribution in [2.24, 2.45) is 0 Å². The van der Waals surface area contributed by atoms with Crippen LogP contribution in [0.25, 0.3) is 10.6 Å². The summed E-state index contributed by atoms with van der Waals surface area (Å²) in [6.07, 6.45) is 0. The molecule has 2 aromatic rings. The monoisotopic (exact) mass is 310 g/mol. The summed E-state index contributed by atoms with van der Waals surface area (Å²) in [5.74, 6) is 0. The molecule has 1 atom stereocenters. The zero-order chi connectivity index (χ0) is 12.3. The zero-order valence-electron chi connectivity index (χ0n) is 9.90. The van der Waals surface area contributed by atoms with Crippen LogP contribution in [0.1, 0.15) is 25.6 Å². The van der Waals surface area contributed by atoms with E-state index >= 15 is 0 Å². The normalized spacial score (nSPS) is 12.6. The molecule has 1 N–H and O–H groups in total. The number of benzene rings is 1. The predicted molar refractivity (Wildman–Crippen MR) is 77.3 cm³/mol. The molecule has 17 heavy (non-hydrogen) atoms. The van der Waals surface area contributed by atoms with Crippen LogP contribution in [0.5, 0.6) is 0 Å². The first-order chi connectivity index (χ1) is 8.22. The van der Waals surface area contributed by atoms with Gasteiger partial charge in [-0.15, -0.1) is 11.3 Å². The van der Waals surface area contributed by atoms with Crippen LogP contribution in [0, 0.1) is 0 Å². The first kappa shape index (κ1) is 12.7. The molecular weight excluding hydrogens is 296 g/mol. The Bertz CT molecular complexity index is 496. The summed E-state index contributed by atoms with van der Waals surface area (Å²) in [6.45, 7) is 5.21. The Balaban J connectivity index is 2.27. The van der Waals surface area contributed by atoms with E-state index in [2.05, 4.69) is 51.5 Å². The van der Waals surface area contributed by atoms with E-state index in [1.165, 1.54) is 0 Å². The van der Waals surface area contributed by atoms with Crippen molar-refractivity contribution in [1.29, 1.82) is 0 Å². The van der Waals surface area contributed by atoms with Crippen molar-refractivity contribution >= 4 is 27.3 Å². The van der Waals surface area contributed by atoms with Crippen LogP contribution < -0.4 is 5.32 Å². The van der Waals surface area contributed by atoms with E-state index in [-0.39, 0.29) is 0 Å². The Labute approximate surface area is 114 Å². The largest absolute Gasteiger partial charge is 0.309 e. The van der Waals surface area contributed by atoms with Gasteiger partial charge in [0.1, 0.15) is 5.01 Å². The summed E-state index contributed by atoms with van der Waals surface area (Å²) >= 11 is 5.25. The summed E-state index contributed by atoms with van der Waals surface area (Å²) in [5, 5.41) is 6.57. The Morgan fingerprint density at radius 3 is 2.88 bits per heavy atom. The highest BCUT2D eigenvalue weighted by molar-refractivity contribution is 9.10. The highest BCUT2D eigenvalue weighted by Gasteiger charge is 2.11. The van der Waals surface area contributed by atoms with E-state index in [1.54, 1.807) is 11.3 Å². The third-order valence-electron chi connectivity index (χ3n) is 2.58. The first-order valence-electron chi connectivity index (χ1n) is 5.66. The number of aromatic nitrogens is 1. The van der Waals surface area contributed by atoms with Crippen molar-refractivity contribution in [2.75, 3.05) is 6.54 Å². The molecule has 0 spiro atoms. The fourth-order valence-corrected chi connectivity index (χ4v) is 3.21. The Morgan fingerprint density at radius 2 is 2.18 bits per heavy atom. The van der Waals surface area contributed by atoms with E-state index in [4.69, 9.17) is 0 Å². The molecule has 0 aliphatic carbocycles. The van der Waals surface area contributed by atoms with Gasteiger partial charge in [0, 0.05) is 21.5 Å². The number of rotatable bonds is 4. The summed E-state index contributed by atoms with van der Waals surface area (Å²) in [7, 11) is 0. The second-order valence-corrected chi connectivity index (χ2v) is 5.55. The van der Waals surface area contributed by atoms with Gasteiger partial charge in [-0.3, -0.25) is 0 Å². The van der Waals surface area contributed by atoms with Crippen molar-refractivity contribution in [3.63, 3.8) is 0 Å². The summed E-state index contributed by atoms with van der Waals surface area (Å²) in [6, 6.07) is 8.50. The summed E-state index contributed by atoms with van der Waals surface area (Å²) < 4.78 is 1.09. The minimum Gasteiger partial charge on any atom is -0.309 e. The van der Waals surface area contributed by atoms with Gasteiger partial charge in [0.15, 0.2) is 0 Å². The predicted octanol–water partition coefficient (Wildman–Crippen LogP) is 4.24. The van der Waals surface area contributed by atoms with Gasteiger partial charge in [-0.1, -0.05) is 41.1 Å². The molecule has 90 valence electrons. The molecule has 0 aliphatic rings. The quantitative estimate of drug-likeness (QED) is 0.913. The average molecular weight is 311 g/mol. The number of nitrogens with zero attached hydrogens (tertiary/aromatic N) is 1. The number of hydrogen-bond donors (Lipinski definition) is 1. The molecule has 4 heteroatoms. The molecular formula is C13H15BrN2S. The third kappa shape index (κ3) is 2.94. The zero-order valence-corrected chi connectivity index (χ0v) is 12.3. The van der Waals surface area contributed by atoms with Gasteiger partial charge < -0.3 is 5.32 Å². The Morgan fingerprint density at radius 1 is 1.41 bits per heavy atom. The van der Waals surface area contributed by atoms with Crippen LogP contribution in [-0.4, -0.2) is 11.5 Å². The van der Waals surface area contributed by atoms with E-state index in [0.29, 0.717) is 6.04 Å². The van der Waals surface area contributed by atoms with Gasteiger partial charge in [0.25, 0.3) is 0 Å². The molecule has 0 radical (unpaired) electrons. The van der Waals surface area contributed by atoms with Gasteiger partial charge in [-0.05, 0) is 19.5 Å². The highest BCUT2D eigenvalue weighted by Crippen LogP contribution is 2.31. The second kappa shape index (κ2) is 5.76. The Kier molecular flexibility index (Phi) is 4.31. The van der Waals surface area contributed by atoms with E-state index < -0.39 is 0 Å². The lowest BCUT2D eigenvalue weighted by Crippen LogP contribution is -2.17. The summed E-state index contributed by atoms with van der Waals surface area (Å²) in [5.41, 5.74) is 2.27. The smallest absolute Gasteiger partial charge is 0.124 e. The molecule has 0 amide bonds. The van der Waals surface area contributed by atoms with Crippen molar-refractivity contribution in [2.45, 2.75) is 19.9 Å². The Hall–Kier alpha value is -0.710. The maximum Gasteiger partial charge on any atom is 0.124 e. The minimum absolute atomic E-state index is 0.312. The van der Waals surface area contributed by atoms with Crippen LogP contribution in [0.2, 0.25) is 0 Å². The van der Waals surface area contributed by atoms with Crippen LogP contribution in [-0.2, 0) is 0 Å². The van der Waals surface area contributed by atoms with E-state index in [9.17, 15) is 0 Å². The van der Waals surface area contributed by atoms with Gasteiger partial charge in [-0.2, -0.15) is 0 Å². The number of nitrogens with one attached hydrogen (secondary N) is 1. The standard InChI is InChI=1S/C13H15BrN2S/c1-3-15-9(2)12-8-17-13(16-12)10-6-4-5-7-11(10)14/h4-9,15H,3H2,1-2H3.